The highest BCUT2D eigenvalue weighted by atomic mass is 32.1. The Bertz CT molecular complexity index is 144. The smallest absolute Gasteiger partial charge is 0.271 e. The van der Waals surface area contributed by atoms with E-state index in [1.807, 2.05) is 0 Å². The Labute approximate surface area is 45.5 Å². The zero-order valence-electron chi connectivity index (χ0n) is 3.80. The normalized spacial score (nSPS) is 9.29. The molecule has 0 amide bonds. The molecule has 1 N–H and O–H groups in total. The molecule has 0 spiro atoms. The molecule has 2 nitrogen and oxygen atoms in total. The summed E-state index contributed by atoms with van der Waals surface area (Å²) in [5, 5.41) is 11.4. The van der Waals surface area contributed by atoms with Gasteiger partial charge in [-0.05, 0) is 6.92 Å². The Morgan fingerprint density at radius 3 is 2.71 bits per heavy atom. The standard InChI is InChI=1S/C4H4NOS/c1-3-2-7-4(6)5-3/h1H3,(H,5,6). The van der Waals surface area contributed by atoms with Gasteiger partial charge in [0.25, 0.3) is 5.19 Å². The Balaban J connectivity index is 3.04. The van der Waals surface area contributed by atoms with E-state index in [1.165, 1.54) is 0 Å². The summed E-state index contributed by atoms with van der Waals surface area (Å²) in [6.45, 7) is 1.79. The van der Waals surface area contributed by atoms with Gasteiger partial charge in [-0.15, -0.1) is 0 Å². The van der Waals surface area contributed by atoms with E-state index in [0.717, 1.165) is 17.0 Å². The van der Waals surface area contributed by atoms with Crippen LogP contribution in [0.1, 0.15) is 5.69 Å². The van der Waals surface area contributed by atoms with Crippen LogP contribution in [0, 0.1) is 12.3 Å². The van der Waals surface area contributed by atoms with Gasteiger partial charge in [-0.1, -0.05) is 11.3 Å². The third-order valence-corrected chi connectivity index (χ3v) is 1.22. The maximum Gasteiger partial charge on any atom is 0.271 e. The maximum atomic E-state index is 8.53. The summed E-state index contributed by atoms with van der Waals surface area (Å²) in [6, 6.07) is 0. The minimum atomic E-state index is 0.0949. The highest BCUT2D eigenvalue weighted by molar-refractivity contribution is 7.10. The minimum Gasteiger partial charge on any atom is -0.486 e. The molecule has 0 aliphatic carbocycles. The Hall–Kier alpha value is -0.570. The van der Waals surface area contributed by atoms with Crippen molar-refractivity contribution in [3.8, 4) is 5.19 Å². The van der Waals surface area contributed by atoms with Crippen molar-refractivity contribution in [3.63, 3.8) is 0 Å². The largest absolute Gasteiger partial charge is 0.486 e. The van der Waals surface area contributed by atoms with E-state index in [-0.39, 0.29) is 5.19 Å². The average Bonchev–Trinajstić information content (AvgIpc) is 1.87. The van der Waals surface area contributed by atoms with Gasteiger partial charge < -0.3 is 5.11 Å². The van der Waals surface area contributed by atoms with E-state index >= 15 is 0 Å². The SMILES string of the molecule is Cc1[c]sc(O)n1. The fourth-order valence-corrected chi connectivity index (χ4v) is 0.776. The number of thiazole rings is 1. The number of nitrogens with zero attached hydrogens (tertiary/aromatic N) is 1. The molecular weight excluding hydrogens is 110 g/mol. The van der Waals surface area contributed by atoms with Crippen LogP contribution < -0.4 is 0 Å². The molecule has 1 radical (unpaired) electrons. The summed E-state index contributed by atoms with van der Waals surface area (Å²) in [6.07, 6.45) is 0. The van der Waals surface area contributed by atoms with Crippen LogP contribution in [0.3, 0.4) is 0 Å². The summed E-state index contributed by atoms with van der Waals surface area (Å²) in [5.41, 5.74) is 0.752. The number of aromatic hydroxyl groups is 1. The Morgan fingerprint density at radius 1 is 1.86 bits per heavy atom. The lowest BCUT2D eigenvalue weighted by Gasteiger charge is -1.70. The van der Waals surface area contributed by atoms with Crippen LogP contribution in [0.15, 0.2) is 0 Å². The van der Waals surface area contributed by atoms with E-state index in [1.54, 1.807) is 6.92 Å². The molecule has 0 aliphatic rings. The van der Waals surface area contributed by atoms with Crippen LogP contribution in [0.4, 0.5) is 0 Å². The first-order valence-electron chi connectivity index (χ1n) is 1.83. The molecule has 0 unspecified atom stereocenters. The van der Waals surface area contributed by atoms with Crippen LogP contribution in [0.2, 0.25) is 0 Å². The number of rotatable bonds is 0. The summed E-state index contributed by atoms with van der Waals surface area (Å²) in [7, 11) is 0. The minimum absolute atomic E-state index is 0.0949. The van der Waals surface area contributed by atoms with Crippen molar-refractivity contribution in [1.29, 1.82) is 0 Å². The molecule has 1 aromatic heterocycles. The number of aryl methyl sites for hydroxylation is 1. The van der Waals surface area contributed by atoms with E-state index in [4.69, 9.17) is 5.11 Å². The Morgan fingerprint density at radius 2 is 2.57 bits per heavy atom. The van der Waals surface area contributed by atoms with Gasteiger partial charge in [-0.3, -0.25) is 0 Å². The third-order valence-electron chi connectivity index (χ3n) is 0.553. The second kappa shape index (κ2) is 1.50. The zero-order chi connectivity index (χ0) is 5.28. The van der Waals surface area contributed by atoms with Gasteiger partial charge in [0.15, 0.2) is 0 Å². The predicted molar refractivity (Wildman–Crippen MR) is 27.4 cm³/mol. The van der Waals surface area contributed by atoms with E-state index in [9.17, 15) is 0 Å². The molecule has 1 heterocycles. The van der Waals surface area contributed by atoms with Crippen molar-refractivity contribution in [1.82, 2.24) is 4.98 Å². The molecule has 0 aromatic carbocycles. The van der Waals surface area contributed by atoms with Crippen LogP contribution >= 0.6 is 11.3 Å². The second-order valence-corrected chi connectivity index (χ2v) is 1.96. The summed E-state index contributed by atoms with van der Waals surface area (Å²) in [5.74, 6) is 0. The molecule has 0 fully saturated rings. The van der Waals surface area contributed by atoms with Crippen molar-refractivity contribution >= 4 is 11.3 Å². The monoisotopic (exact) mass is 114 g/mol. The van der Waals surface area contributed by atoms with E-state index in [2.05, 4.69) is 10.4 Å². The number of aromatic nitrogens is 1. The first-order chi connectivity index (χ1) is 3.29. The van der Waals surface area contributed by atoms with Crippen LogP contribution in [-0.4, -0.2) is 10.1 Å². The molecule has 0 aliphatic heterocycles. The highest BCUT2D eigenvalue weighted by Gasteiger charge is 1.90. The summed E-state index contributed by atoms with van der Waals surface area (Å²) in [4.78, 5) is 3.63. The molecule has 0 atom stereocenters. The Kier molecular flexibility index (Phi) is 0.982. The maximum absolute atomic E-state index is 8.53. The highest BCUT2D eigenvalue weighted by Crippen LogP contribution is 2.12. The second-order valence-electron chi connectivity index (χ2n) is 1.18. The fourth-order valence-electron chi connectivity index (χ4n) is 0.309. The summed E-state index contributed by atoms with van der Waals surface area (Å²) < 4.78 is 0. The third kappa shape index (κ3) is 0.899. The van der Waals surface area contributed by atoms with Crippen molar-refractivity contribution in [2.24, 2.45) is 0 Å². The quantitative estimate of drug-likeness (QED) is 0.545. The van der Waals surface area contributed by atoms with Gasteiger partial charge in [0.2, 0.25) is 0 Å². The van der Waals surface area contributed by atoms with Gasteiger partial charge in [0, 0.05) is 0 Å². The molecule has 7 heavy (non-hydrogen) atoms. The first kappa shape index (κ1) is 4.59. The zero-order valence-corrected chi connectivity index (χ0v) is 4.62. The van der Waals surface area contributed by atoms with E-state index in [0.29, 0.717) is 0 Å². The lowest BCUT2D eigenvalue weighted by molar-refractivity contribution is 0.470. The van der Waals surface area contributed by atoms with Crippen molar-refractivity contribution in [2.75, 3.05) is 0 Å². The van der Waals surface area contributed by atoms with Crippen LogP contribution in [-0.2, 0) is 0 Å². The van der Waals surface area contributed by atoms with Crippen LogP contribution in [0.5, 0.6) is 5.19 Å². The molecule has 1 rings (SSSR count). The van der Waals surface area contributed by atoms with Gasteiger partial charge in [0.1, 0.15) is 0 Å². The number of hydrogen-bond acceptors (Lipinski definition) is 3. The topological polar surface area (TPSA) is 33.1 Å². The van der Waals surface area contributed by atoms with Crippen molar-refractivity contribution in [3.05, 3.63) is 11.1 Å². The average molecular weight is 114 g/mol. The molecule has 3 heteroatoms. The molecule has 1 aromatic rings. The van der Waals surface area contributed by atoms with Gasteiger partial charge in [-0.2, -0.15) is 0 Å². The van der Waals surface area contributed by atoms with Gasteiger partial charge in [-0.25, -0.2) is 4.98 Å². The van der Waals surface area contributed by atoms with E-state index < -0.39 is 0 Å². The van der Waals surface area contributed by atoms with Gasteiger partial charge in [0.05, 0.1) is 11.1 Å². The molecule has 0 bridgehead atoms. The lowest BCUT2D eigenvalue weighted by Crippen LogP contribution is -1.63. The first-order valence-corrected chi connectivity index (χ1v) is 2.65. The number of hydrogen-bond donors (Lipinski definition) is 1. The molecule has 0 saturated heterocycles. The van der Waals surface area contributed by atoms with Crippen LogP contribution in [0.25, 0.3) is 0 Å². The van der Waals surface area contributed by atoms with Gasteiger partial charge >= 0.3 is 0 Å². The predicted octanol–water partition coefficient (Wildman–Crippen LogP) is 0.957. The molecule has 37 valence electrons. The molecular formula is C4H4NOS. The lowest BCUT2D eigenvalue weighted by atomic mass is 10.6. The van der Waals surface area contributed by atoms with Crippen molar-refractivity contribution < 1.29 is 5.11 Å². The van der Waals surface area contributed by atoms with Crippen molar-refractivity contribution in [2.45, 2.75) is 6.92 Å². The molecule has 0 saturated carbocycles. The summed E-state index contributed by atoms with van der Waals surface area (Å²) >= 11 is 1.12. The fraction of sp³-hybridized carbons (Fsp3) is 0.250.